The molecular formula is C18H25NO2. The second-order valence-electron chi connectivity index (χ2n) is 5.79. The lowest BCUT2D eigenvalue weighted by Crippen LogP contribution is -2.19. The van der Waals surface area contributed by atoms with E-state index in [0.717, 1.165) is 29.5 Å². The van der Waals surface area contributed by atoms with Crippen molar-refractivity contribution in [3.63, 3.8) is 0 Å². The van der Waals surface area contributed by atoms with Gasteiger partial charge >= 0.3 is 0 Å². The second-order valence-corrected chi connectivity index (χ2v) is 5.79. The summed E-state index contributed by atoms with van der Waals surface area (Å²) in [4.78, 5) is 12.4. The van der Waals surface area contributed by atoms with Crippen molar-refractivity contribution in [3.8, 4) is 5.75 Å². The summed E-state index contributed by atoms with van der Waals surface area (Å²) in [6.45, 7) is 7.00. The molecule has 1 aromatic carbocycles. The van der Waals surface area contributed by atoms with Crippen molar-refractivity contribution in [1.29, 1.82) is 0 Å². The largest absolute Gasteiger partial charge is 0.491 e. The Morgan fingerprint density at radius 1 is 1.14 bits per heavy atom. The highest BCUT2D eigenvalue weighted by atomic mass is 16.5. The van der Waals surface area contributed by atoms with Gasteiger partial charge in [0.1, 0.15) is 5.75 Å². The fourth-order valence-corrected chi connectivity index (χ4v) is 2.50. The van der Waals surface area contributed by atoms with Crippen molar-refractivity contribution in [2.75, 3.05) is 0 Å². The molecule has 1 heterocycles. The number of aromatic nitrogens is 1. The number of benzene rings is 1. The standard InChI is InChI=1S/C18H25NO2/c1-4-5-6-7-11-19-12-10-15-13-16(21-14(2)3)8-9-17(15)18(19)20/h8-10,12-14H,4-7,11H2,1-3H3. The molecule has 0 fully saturated rings. The summed E-state index contributed by atoms with van der Waals surface area (Å²) < 4.78 is 7.50. The molecule has 21 heavy (non-hydrogen) atoms. The number of aryl methyl sites for hydroxylation is 1. The van der Waals surface area contributed by atoms with E-state index in [9.17, 15) is 4.79 Å². The van der Waals surface area contributed by atoms with Crippen LogP contribution in [0.1, 0.15) is 46.5 Å². The lowest BCUT2D eigenvalue weighted by Gasteiger charge is -2.11. The van der Waals surface area contributed by atoms with Gasteiger partial charge in [-0.25, -0.2) is 0 Å². The Morgan fingerprint density at radius 3 is 2.67 bits per heavy atom. The number of unbranched alkanes of at least 4 members (excludes halogenated alkanes) is 3. The predicted octanol–water partition coefficient (Wildman–Crippen LogP) is 4.37. The zero-order chi connectivity index (χ0) is 15.2. The van der Waals surface area contributed by atoms with Crippen LogP contribution in [-0.4, -0.2) is 10.7 Å². The quantitative estimate of drug-likeness (QED) is 0.708. The molecule has 0 unspecified atom stereocenters. The highest BCUT2D eigenvalue weighted by Crippen LogP contribution is 2.19. The minimum Gasteiger partial charge on any atom is -0.491 e. The van der Waals surface area contributed by atoms with Gasteiger partial charge in [-0.05, 0) is 49.9 Å². The first-order chi connectivity index (χ1) is 10.1. The van der Waals surface area contributed by atoms with Gasteiger partial charge < -0.3 is 9.30 Å². The summed E-state index contributed by atoms with van der Waals surface area (Å²) in [6.07, 6.45) is 6.73. The zero-order valence-corrected chi connectivity index (χ0v) is 13.3. The van der Waals surface area contributed by atoms with E-state index in [0.29, 0.717) is 0 Å². The first kappa shape index (κ1) is 15.6. The van der Waals surface area contributed by atoms with E-state index in [2.05, 4.69) is 6.92 Å². The highest BCUT2D eigenvalue weighted by Gasteiger charge is 2.05. The van der Waals surface area contributed by atoms with Gasteiger partial charge in [0, 0.05) is 18.1 Å². The first-order valence-corrected chi connectivity index (χ1v) is 7.91. The smallest absolute Gasteiger partial charge is 0.258 e. The molecule has 0 N–H and O–H groups in total. The summed E-state index contributed by atoms with van der Waals surface area (Å²) >= 11 is 0. The molecule has 114 valence electrons. The Kier molecular flexibility index (Phi) is 5.43. The third kappa shape index (κ3) is 4.10. The van der Waals surface area contributed by atoms with Gasteiger partial charge in [-0.1, -0.05) is 26.2 Å². The maximum absolute atomic E-state index is 12.4. The topological polar surface area (TPSA) is 31.2 Å². The van der Waals surface area contributed by atoms with Crippen molar-refractivity contribution in [2.45, 2.75) is 59.1 Å². The maximum atomic E-state index is 12.4. The van der Waals surface area contributed by atoms with Crippen molar-refractivity contribution >= 4 is 10.8 Å². The highest BCUT2D eigenvalue weighted by molar-refractivity contribution is 5.82. The molecule has 3 heteroatoms. The molecule has 0 saturated carbocycles. The van der Waals surface area contributed by atoms with Crippen LogP contribution >= 0.6 is 0 Å². The molecule has 2 rings (SSSR count). The number of rotatable bonds is 7. The van der Waals surface area contributed by atoms with Gasteiger partial charge in [0.25, 0.3) is 5.56 Å². The second kappa shape index (κ2) is 7.30. The van der Waals surface area contributed by atoms with Crippen LogP contribution in [-0.2, 0) is 6.54 Å². The zero-order valence-electron chi connectivity index (χ0n) is 13.3. The predicted molar refractivity (Wildman–Crippen MR) is 88.1 cm³/mol. The van der Waals surface area contributed by atoms with Crippen LogP contribution in [0.4, 0.5) is 0 Å². The van der Waals surface area contributed by atoms with Crippen LogP contribution in [0.25, 0.3) is 10.8 Å². The van der Waals surface area contributed by atoms with Crippen LogP contribution in [0.15, 0.2) is 35.3 Å². The Labute approximate surface area is 126 Å². The third-order valence-electron chi connectivity index (χ3n) is 3.57. The molecule has 2 aromatic rings. The average Bonchev–Trinajstić information content (AvgIpc) is 2.45. The summed E-state index contributed by atoms with van der Waals surface area (Å²) in [5, 5.41) is 1.71. The molecule has 0 spiro atoms. The molecule has 0 aliphatic rings. The third-order valence-corrected chi connectivity index (χ3v) is 3.57. The summed E-state index contributed by atoms with van der Waals surface area (Å²) in [5.74, 6) is 0.817. The molecule has 3 nitrogen and oxygen atoms in total. The van der Waals surface area contributed by atoms with Crippen LogP contribution < -0.4 is 10.3 Å². The van der Waals surface area contributed by atoms with Crippen LogP contribution in [0.2, 0.25) is 0 Å². The molecule has 0 aliphatic carbocycles. The molecule has 0 radical (unpaired) electrons. The molecule has 0 bridgehead atoms. The van der Waals surface area contributed by atoms with Crippen LogP contribution in [0, 0.1) is 0 Å². The number of fused-ring (bicyclic) bond motifs is 1. The molecule has 0 amide bonds. The number of nitrogens with zero attached hydrogens (tertiary/aromatic N) is 1. The normalized spacial score (nSPS) is 11.2. The van der Waals surface area contributed by atoms with E-state index >= 15 is 0 Å². The molecule has 1 aromatic heterocycles. The van der Waals surface area contributed by atoms with Gasteiger partial charge in [-0.15, -0.1) is 0 Å². The lowest BCUT2D eigenvalue weighted by atomic mass is 10.1. The first-order valence-electron chi connectivity index (χ1n) is 7.91. The molecular weight excluding hydrogens is 262 g/mol. The number of pyridine rings is 1. The van der Waals surface area contributed by atoms with E-state index in [1.807, 2.05) is 48.9 Å². The Hall–Kier alpha value is -1.77. The SMILES string of the molecule is CCCCCCn1ccc2cc(OC(C)C)ccc2c1=O. The van der Waals surface area contributed by atoms with Gasteiger partial charge in [0.2, 0.25) is 0 Å². The number of ether oxygens (including phenoxy) is 1. The Morgan fingerprint density at radius 2 is 1.95 bits per heavy atom. The molecule has 0 atom stereocenters. The fourth-order valence-electron chi connectivity index (χ4n) is 2.50. The molecule has 0 saturated heterocycles. The van der Waals surface area contributed by atoms with E-state index in [1.165, 1.54) is 19.3 Å². The lowest BCUT2D eigenvalue weighted by molar-refractivity contribution is 0.243. The van der Waals surface area contributed by atoms with Gasteiger partial charge in [-0.2, -0.15) is 0 Å². The van der Waals surface area contributed by atoms with Crippen molar-refractivity contribution in [1.82, 2.24) is 4.57 Å². The Bertz CT molecular complexity index is 643. The average molecular weight is 287 g/mol. The number of hydrogen-bond acceptors (Lipinski definition) is 2. The van der Waals surface area contributed by atoms with Crippen molar-refractivity contribution < 1.29 is 4.74 Å². The monoisotopic (exact) mass is 287 g/mol. The van der Waals surface area contributed by atoms with E-state index in [1.54, 1.807) is 0 Å². The Balaban J connectivity index is 2.20. The summed E-state index contributed by atoms with van der Waals surface area (Å²) in [6, 6.07) is 7.70. The maximum Gasteiger partial charge on any atom is 0.258 e. The van der Waals surface area contributed by atoms with Gasteiger partial charge in [0.05, 0.1) is 6.10 Å². The molecule has 0 aliphatic heterocycles. The van der Waals surface area contributed by atoms with Crippen molar-refractivity contribution in [2.24, 2.45) is 0 Å². The van der Waals surface area contributed by atoms with E-state index in [4.69, 9.17) is 4.74 Å². The van der Waals surface area contributed by atoms with Crippen LogP contribution in [0.3, 0.4) is 0 Å². The van der Waals surface area contributed by atoms with Crippen LogP contribution in [0.5, 0.6) is 5.75 Å². The summed E-state index contributed by atoms with van der Waals surface area (Å²) in [7, 11) is 0. The van der Waals surface area contributed by atoms with Gasteiger partial charge in [-0.3, -0.25) is 4.79 Å². The van der Waals surface area contributed by atoms with Gasteiger partial charge in [0.15, 0.2) is 0 Å². The summed E-state index contributed by atoms with van der Waals surface area (Å²) in [5.41, 5.74) is 0.0973. The minimum atomic E-state index is 0.0973. The van der Waals surface area contributed by atoms with Crippen molar-refractivity contribution in [3.05, 3.63) is 40.8 Å². The minimum absolute atomic E-state index is 0.0973. The number of hydrogen-bond donors (Lipinski definition) is 0. The fraction of sp³-hybridized carbons (Fsp3) is 0.500. The van der Waals surface area contributed by atoms with E-state index < -0.39 is 0 Å². The van der Waals surface area contributed by atoms with E-state index in [-0.39, 0.29) is 11.7 Å².